The van der Waals surface area contributed by atoms with Gasteiger partial charge in [0.05, 0.1) is 6.20 Å². The second kappa shape index (κ2) is 3.71. The van der Waals surface area contributed by atoms with Crippen molar-refractivity contribution in [2.45, 2.75) is 24.9 Å². The molecule has 0 amide bonds. The lowest BCUT2D eigenvalue weighted by atomic mass is 10.1. The highest BCUT2D eigenvalue weighted by molar-refractivity contribution is 5.10. The second-order valence-electron chi connectivity index (χ2n) is 4.22. The van der Waals surface area contributed by atoms with E-state index in [1.165, 1.54) is 12.8 Å². The van der Waals surface area contributed by atoms with Gasteiger partial charge in [0.2, 0.25) is 0 Å². The van der Waals surface area contributed by atoms with Gasteiger partial charge >= 0.3 is 0 Å². The van der Waals surface area contributed by atoms with Gasteiger partial charge in [-0.3, -0.25) is 4.68 Å². The summed E-state index contributed by atoms with van der Waals surface area (Å²) in [6.07, 6.45) is 6.50. The zero-order valence-electron chi connectivity index (χ0n) is 8.85. The van der Waals surface area contributed by atoms with Crippen LogP contribution < -0.4 is 5.73 Å². The van der Waals surface area contributed by atoms with Gasteiger partial charge in [-0.1, -0.05) is 0 Å². The summed E-state index contributed by atoms with van der Waals surface area (Å²) in [5.74, 6) is 0. The van der Waals surface area contributed by atoms with Crippen LogP contribution in [0.3, 0.4) is 0 Å². The highest BCUT2D eigenvalue weighted by Gasteiger charge is 2.27. The summed E-state index contributed by atoms with van der Waals surface area (Å²) in [6.45, 7) is 0.927. The SMILES string of the molecule is CN(CC(N)c1cnn(C)c1)C1CC1. The third-order valence-corrected chi connectivity index (χ3v) is 2.81. The summed E-state index contributed by atoms with van der Waals surface area (Å²) < 4.78 is 1.80. The largest absolute Gasteiger partial charge is 0.323 e. The molecule has 0 aromatic carbocycles. The van der Waals surface area contributed by atoms with Gasteiger partial charge in [0.1, 0.15) is 0 Å². The van der Waals surface area contributed by atoms with Gasteiger partial charge < -0.3 is 10.6 Å². The van der Waals surface area contributed by atoms with Crippen LogP contribution in [0.25, 0.3) is 0 Å². The molecule has 1 atom stereocenters. The van der Waals surface area contributed by atoms with E-state index >= 15 is 0 Å². The van der Waals surface area contributed by atoms with Gasteiger partial charge in [-0.15, -0.1) is 0 Å². The van der Waals surface area contributed by atoms with Crippen LogP contribution in [0, 0.1) is 0 Å². The van der Waals surface area contributed by atoms with E-state index in [4.69, 9.17) is 5.73 Å². The van der Waals surface area contributed by atoms with Gasteiger partial charge in [0.15, 0.2) is 0 Å². The van der Waals surface area contributed by atoms with E-state index in [-0.39, 0.29) is 6.04 Å². The molecule has 1 saturated carbocycles. The maximum Gasteiger partial charge on any atom is 0.0537 e. The van der Waals surface area contributed by atoms with Crippen molar-refractivity contribution in [1.82, 2.24) is 14.7 Å². The van der Waals surface area contributed by atoms with E-state index in [1.54, 1.807) is 4.68 Å². The van der Waals surface area contributed by atoms with Gasteiger partial charge in [-0.2, -0.15) is 5.10 Å². The third-order valence-electron chi connectivity index (χ3n) is 2.81. The van der Waals surface area contributed by atoms with Crippen molar-refractivity contribution in [2.75, 3.05) is 13.6 Å². The summed E-state index contributed by atoms with van der Waals surface area (Å²) in [7, 11) is 4.06. The van der Waals surface area contributed by atoms with Crippen molar-refractivity contribution in [3.8, 4) is 0 Å². The van der Waals surface area contributed by atoms with Crippen molar-refractivity contribution in [3.05, 3.63) is 18.0 Å². The first kappa shape index (κ1) is 9.68. The predicted molar refractivity (Wildman–Crippen MR) is 55.8 cm³/mol. The number of nitrogens with two attached hydrogens (primary N) is 1. The molecule has 0 spiro atoms. The van der Waals surface area contributed by atoms with Crippen molar-refractivity contribution in [2.24, 2.45) is 12.8 Å². The Hall–Kier alpha value is -0.870. The van der Waals surface area contributed by atoms with E-state index in [2.05, 4.69) is 17.0 Å². The number of nitrogens with zero attached hydrogens (tertiary/aromatic N) is 3. The minimum Gasteiger partial charge on any atom is -0.323 e. The number of hydrogen-bond donors (Lipinski definition) is 1. The molecule has 2 N–H and O–H groups in total. The summed E-state index contributed by atoms with van der Waals surface area (Å²) in [5, 5.41) is 4.12. The molecular weight excluding hydrogens is 176 g/mol. The topological polar surface area (TPSA) is 47.1 Å². The molecule has 1 heterocycles. The first-order valence-corrected chi connectivity index (χ1v) is 5.11. The van der Waals surface area contributed by atoms with Crippen LogP contribution in [-0.4, -0.2) is 34.3 Å². The molecule has 0 bridgehead atoms. The van der Waals surface area contributed by atoms with Gasteiger partial charge in [-0.05, 0) is 19.9 Å². The Balaban J connectivity index is 1.91. The zero-order valence-corrected chi connectivity index (χ0v) is 8.85. The fraction of sp³-hybridized carbons (Fsp3) is 0.700. The number of aromatic nitrogens is 2. The minimum absolute atomic E-state index is 0.0919. The Kier molecular flexibility index (Phi) is 2.56. The molecular formula is C10H18N4. The van der Waals surface area contributed by atoms with Crippen molar-refractivity contribution in [1.29, 1.82) is 0 Å². The molecule has 1 unspecified atom stereocenters. The molecule has 0 saturated heterocycles. The highest BCUT2D eigenvalue weighted by atomic mass is 15.2. The molecule has 1 aromatic heterocycles. The van der Waals surface area contributed by atoms with Crippen molar-refractivity contribution >= 4 is 0 Å². The highest BCUT2D eigenvalue weighted by Crippen LogP contribution is 2.26. The molecule has 14 heavy (non-hydrogen) atoms. The number of likely N-dealkylation sites (N-methyl/N-ethyl adjacent to an activating group) is 1. The molecule has 4 nitrogen and oxygen atoms in total. The maximum atomic E-state index is 6.08. The molecule has 1 fully saturated rings. The Bertz CT molecular complexity index is 303. The second-order valence-corrected chi connectivity index (χ2v) is 4.22. The van der Waals surface area contributed by atoms with Crippen LogP contribution in [0.4, 0.5) is 0 Å². The fourth-order valence-corrected chi connectivity index (χ4v) is 1.71. The Morgan fingerprint density at radius 2 is 2.43 bits per heavy atom. The molecule has 78 valence electrons. The van der Waals surface area contributed by atoms with E-state index in [9.17, 15) is 0 Å². The molecule has 1 aliphatic carbocycles. The summed E-state index contributed by atoms with van der Waals surface area (Å²) >= 11 is 0. The van der Waals surface area contributed by atoms with Crippen LogP contribution in [0.5, 0.6) is 0 Å². The Labute approximate surface area is 84.7 Å². The lowest BCUT2D eigenvalue weighted by Gasteiger charge is -2.19. The molecule has 1 aromatic rings. The van der Waals surface area contributed by atoms with Crippen LogP contribution in [0.1, 0.15) is 24.4 Å². The average Bonchev–Trinajstić information content (AvgIpc) is 2.89. The molecule has 1 aliphatic rings. The van der Waals surface area contributed by atoms with Crippen LogP contribution in [0.2, 0.25) is 0 Å². The maximum absolute atomic E-state index is 6.08. The first-order chi connectivity index (χ1) is 6.66. The monoisotopic (exact) mass is 194 g/mol. The third kappa shape index (κ3) is 2.13. The molecule has 2 rings (SSSR count). The average molecular weight is 194 g/mol. The van der Waals surface area contributed by atoms with Gasteiger partial charge in [0.25, 0.3) is 0 Å². The standard InChI is InChI=1S/C10H18N4/c1-13(9-3-4-9)7-10(11)8-5-12-14(2)6-8/h5-6,9-10H,3-4,7,11H2,1-2H3. The number of aryl methyl sites for hydroxylation is 1. The lowest BCUT2D eigenvalue weighted by Crippen LogP contribution is -2.30. The lowest BCUT2D eigenvalue weighted by molar-refractivity contribution is 0.303. The van der Waals surface area contributed by atoms with Gasteiger partial charge in [-0.25, -0.2) is 0 Å². The van der Waals surface area contributed by atoms with E-state index in [1.807, 2.05) is 19.4 Å². The number of rotatable bonds is 4. The minimum atomic E-state index is 0.0919. The molecule has 4 heteroatoms. The summed E-state index contributed by atoms with van der Waals surface area (Å²) in [6, 6.07) is 0.868. The normalized spacial score (nSPS) is 18.9. The Morgan fingerprint density at radius 3 is 2.93 bits per heavy atom. The van der Waals surface area contributed by atoms with Crippen molar-refractivity contribution in [3.63, 3.8) is 0 Å². The molecule has 0 aliphatic heterocycles. The predicted octanol–water partition coefficient (Wildman–Crippen LogP) is 0.514. The quantitative estimate of drug-likeness (QED) is 0.760. The summed E-state index contributed by atoms with van der Waals surface area (Å²) in [4.78, 5) is 2.34. The van der Waals surface area contributed by atoms with Crippen LogP contribution in [-0.2, 0) is 7.05 Å². The van der Waals surface area contributed by atoms with Crippen LogP contribution >= 0.6 is 0 Å². The number of hydrogen-bond acceptors (Lipinski definition) is 3. The van der Waals surface area contributed by atoms with E-state index in [0.717, 1.165) is 18.2 Å². The zero-order chi connectivity index (χ0) is 10.1. The van der Waals surface area contributed by atoms with E-state index in [0.29, 0.717) is 0 Å². The Morgan fingerprint density at radius 1 is 1.71 bits per heavy atom. The fourth-order valence-electron chi connectivity index (χ4n) is 1.71. The first-order valence-electron chi connectivity index (χ1n) is 5.11. The molecule has 0 radical (unpaired) electrons. The smallest absolute Gasteiger partial charge is 0.0537 e. The van der Waals surface area contributed by atoms with Gasteiger partial charge in [0, 0.05) is 37.4 Å². The van der Waals surface area contributed by atoms with Crippen molar-refractivity contribution < 1.29 is 0 Å². The van der Waals surface area contributed by atoms with Crippen LogP contribution in [0.15, 0.2) is 12.4 Å². The summed E-state index contributed by atoms with van der Waals surface area (Å²) in [5.41, 5.74) is 7.20. The van der Waals surface area contributed by atoms with E-state index < -0.39 is 0 Å².